The van der Waals surface area contributed by atoms with Crippen LogP contribution in [0.3, 0.4) is 0 Å². The molecule has 0 bridgehead atoms. The molecule has 4 aromatic rings. The van der Waals surface area contributed by atoms with Crippen LogP contribution in [-0.2, 0) is 11.2 Å². The molecule has 0 saturated carbocycles. The number of aromatic nitrogens is 4. The zero-order chi connectivity index (χ0) is 23.7. The number of nitrogens with zero attached hydrogens (tertiary/aromatic N) is 5. The fraction of sp³-hybridized carbons (Fsp3) is 0.308. The normalized spacial score (nSPS) is 18.4. The van der Waals surface area contributed by atoms with Crippen LogP contribution in [0.2, 0.25) is 0 Å². The van der Waals surface area contributed by atoms with Gasteiger partial charge < -0.3 is 9.64 Å². The molecule has 174 valence electrons. The number of pyridine rings is 2. The first-order valence-corrected chi connectivity index (χ1v) is 11.3. The van der Waals surface area contributed by atoms with E-state index in [2.05, 4.69) is 20.0 Å². The average Bonchev–Trinajstić information content (AvgIpc) is 3.37. The van der Waals surface area contributed by atoms with Crippen molar-refractivity contribution in [2.45, 2.75) is 25.9 Å². The topological polar surface area (TPSA) is 73.1 Å². The largest absolute Gasteiger partial charge is 0.489 e. The first kappa shape index (κ1) is 22.2. The molecule has 1 aliphatic heterocycles. The van der Waals surface area contributed by atoms with Crippen LogP contribution >= 0.6 is 0 Å². The zero-order valence-corrected chi connectivity index (χ0v) is 19.2. The number of likely N-dealkylation sites (tertiary alicyclic amines) is 1. The molecule has 34 heavy (non-hydrogen) atoms. The second-order valence-electron chi connectivity index (χ2n) is 8.96. The standard InChI is InChI=1S/C26H26FN5O2/c1-17-9-22(7-8-28-17)32-25-14-29-21(10-18(25)13-30-32)12-23(33)11-19-15-31(2)16-26(19)34-24-5-3-20(27)4-6-24/h3-10,13-14,19,26H,11-12,15-16H2,1-2H3/t19-,26-/m0/s1. The van der Waals surface area contributed by atoms with Crippen molar-refractivity contribution >= 4 is 16.7 Å². The van der Waals surface area contributed by atoms with Gasteiger partial charge in [-0.3, -0.25) is 14.8 Å². The number of aryl methyl sites for hydroxylation is 1. The van der Waals surface area contributed by atoms with Crippen LogP contribution in [0, 0.1) is 18.7 Å². The van der Waals surface area contributed by atoms with Gasteiger partial charge in [0.25, 0.3) is 0 Å². The molecule has 3 aromatic heterocycles. The van der Waals surface area contributed by atoms with Crippen molar-refractivity contribution in [3.8, 4) is 11.4 Å². The van der Waals surface area contributed by atoms with Gasteiger partial charge in [-0.25, -0.2) is 9.07 Å². The van der Waals surface area contributed by atoms with Gasteiger partial charge in [-0.15, -0.1) is 0 Å². The third-order valence-electron chi connectivity index (χ3n) is 6.17. The smallest absolute Gasteiger partial charge is 0.139 e. The number of Topliss-reactive ketones (excluding diaryl/α,β-unsaturated/α-hetero) is 1. The van der Waals surface area contributed by atoms with E-state index in [1.807, 2.05) is 36.9 Å². The highest BCUT2D eigenvalue weighted by atomic mass is 19.1. The second kappa shape index (κ2) is 9.30. The third kappa shape index (κ3) is 4.82. The molecule has 4 heterocycles. The molecule has 8 heteroatoms. The molecule has 0 unspecified atom stereocenters. The summed E-state index contributed by atoms with van der Waals surface area (Å²) in [6.07, 6.45) is 5.87. The number of carbonyl (C=O) groups is 1. The summed E-state index contributed by atoms with van der Waals surface area (Å²) in [6.45, 7) is 3.45. The molecule has 0 aliphatic carbocycles. The number of ether oxygens (including phenoxy) is 1. The summed E-state index contributed by atoms with van der Waals surface area (Å²) in [4.78, 5) is 23.9. The summed E-state index contributed by atoms with van der Waals surface area (Å²) in [6, 6.07) is 11.8. The maximum Gasteiger partial charge on any atom is 0.139 e. The number of halogens is 1. The van der Waals surface area contributed by atoms with Crippen LogP contribution in [0.15, 0.2) is 61.1 Å². The molecule has 0 radical (unpaired) electrons. The Morgan fingerprint density at radius 2 is 1.94 bits per heavy atom. The molecule has 2 atom stereocenters. The van der Waals surface area contributed by atoms with Crippen molar-refractivity contribution in [3.63, 3.8) is 0 Å². The van der Waals surface area contributed by atoms with Crippen LogP contribution in [0.5, 0.6) is 5.75 Å². The lowest BCUT2D eigenvalue weighted by Gasteiger charge is -2.19. The number of carbonyl (C=O) groups excluding carboxylic acids is 1. The van der Waals surface area contributed by atoms with E-state index in [1.54, 1.807) is 30.7 Å². The van der Waals surface area contributed by atoms with E-state index in [4.69, 9.17) is 4.74 Å². The van der Waals surface area contributed by atoms with Crippen LogP contribution < -0.4 is 4.74 Å². The first-order valence-electron chi connectivity index (χ1n) is 11.3. The molecule has 1 fully saturated rings. The molecule has 0 spiro atoms. The quantitative estimate of drug-likeness (QED) is 0.419. The van der Waals surface area contributed by atoms with E-state index >= 15 is 0 Å². The van der Waals surface area contributed by atoms with E-state index in [9.17, 15) is 9.18 Å². The molecule has 7 nitrogen and oxygen atoms in total. The summed E-state index contributed by atoms with van der Waals surface area (Å²) >= 11 is 0. The highest BCUT2D eigenvalue weighted by molar-refractivity contribution is 5.84. The minimum absolute atomic E-state index is 0.0731. The number of benzene rings is 1. The highest BCUT2D eigenvalue weighted by Gasteiger charge is 2.34. The first-order chi connectivity index (χ1) is 16.4. The Balaban J connectivity index is 1.26. The summed E-state index contributed by atoms with van der Waals surface area (Å²) < 4.78 is 21.1. The minimum atomic E-state index is -0.298. The van der Waals surface area contributed by atoms with Crippen molar-refractivity contribution in [1.29, 1.82) is 0 Å². The fourth-order valence-corrected chi connectivity index (χ4v) is 4.57. The number of hydrogen-bond donors (Lipinski definition) is 0. The summed E-state index contributed by atoms with van der Waals surface area (Å²) in [7, 11) is 2.02. The monoisotopic (exact) mass is 459 g/mol. The SMILES string of the molecule is Cc1cc(-n2ncc3cc(CC(=O)C[C@H]4CN(C)C[C@@H]4Oc4ccc(F)cc4)ncc32)ccn1. The van der Waals surface area contributed by atoms with Crippen LogP contribution in [0.4, 0.5) is 4.39 Å². The lowest BCUT2D eigenvalue weighted by molar-refractivity contribution is -0.119. The van der Waals surface area contributed by atoms with Gasteiger partial charge in [0.2, 0.25) is 0 Å². The van der Waals surface area contributed by atoms with Crippen molar-refractivity contribution < 1.29 is 13.9 Å². The predicted octanol–water partition coefficient (Wildman–Crippen LogP) is 3.77. The number of fused-ring (bicyclic) bond motifs is 1. The van der Waals surface area contributed by atoms with E-state index in [0.717, 1.165) is 41.1 Å². The van der Waals surface area contributed by atoms with Gasteiger partial charge in [0.15, 0.2) is 0 Å². The fourth-order valence-electron chi connectivity index (χ4n) is 4.57. The van der Waals surface area contributed by atoms with Crippen molar-refractivity contribution in [2.24, 2.45) is 5.92 Å². The Bertz CT molecular complexity index is 1320. The lowest BCUT2D eigenvalue weighted by Crippen LogP contribution is -2.28. The van der Waals surface area contributed by atoms with Crippen molar-refractivity contribution in [2.75, 3.05) is 20.1 Å². The maximum atomic E-state index is 13.2. The lowest BCUT2D eigenvalue weighted by atomic mass is 9.97. The van der Waals surface area contributed by atoms with Crippen LogP contribution in [-0.4, -0.2) is 56.7 Å². The van der Waals surface area contributed by atoms with Gasteiger partial charge in [0, 0.05) is 54.8 Å². The van der Waals surface area contributed by atoms with Crippen molar-refractivity contribution in [3.05, 3.63) is 78.3 Å². The Hall–Kier alpha value is -3.65. The van der Waals surface area contributed by atoms with E-state index in [1.165, 1.54) is 12.1 Å². The summed E-state index contributed by atoms with van der Waals surface area (Å²) in [5, 5.41) is 5.43. The number of likely N-dealkylation sites (N-methyl/N-ethyl adjacent to an activating group) is 1. The molecule has 1 aliphatic rings. The van der Waals surface area contributed by atoms with Gasteiger partial charge in [0.05, 0.1) is 23.6 Å². The number of ketones is 1. The maximum absolute atomic E-state index is 13.2. The highest BCUT2D eigenvalue weighted by Crippen LogP contribution is 2.26. The Morgan fingerprint density at radius 1 is 1.12 bits per heavy atom. The molecular weight excluding hydrogens is 433 g/mol. The minimum Gasteiger partial charge on any atom is -0.489 e. The van der Waals surface area contributed by atoms with Gasteiger partial charge >= 0.3 is 0 Å². The van der Waals surface area contributed by atoms with Gasteiger partial charge in [-0.1, -0.05) is 0 Å². The molecule has 0 amide bonds. The van der Waals surface area contributed by atoms with E-state index < -0.39 is 0 Å². The van der Waals surface area contributed by atoms with E-state index in [-0.39, 0.29) is 30.0 Å². The molecule has 1 aromatic carbocycles. The van der Waals surface area contributed by atoms with Gasteiger partial charge in [0.1, 0.15) is 23.5 Å². The summed E-state index contributed by atoms with van der Waals surface area (Å²) in [5.74, 6) is 0.516. The second-order valence-corrected chi connectivity index (χ2v) is 8.96. The average molecular weight is 460 g/mol. The molecule has 1 saturated heterocycles. The Morgan fingerprint density at radius 3 is 2.74 bits per heavy atom. The third-order valence-corrected chi connectivity index (χ3v) is 6.17. The Kier molecular flexibility index (Phi) is 6.06. The number of rotatable bonds is 7. The Labute approximate surface area is 197 Å². The van der Waals surface area contributed by atoms with Gasteiger partial charge in [-0.2, -0.15) is 5.10 Å². The zero-order valence-electron chi connectivity index (χ0n) is 19.2. The van der Waals surface area contributed by atoms with Gasteiger partial charge in [-0.05, 0) is 56.4 Å². The van der Waals surface area contributed by atoms with E-state index in [0.29, 0.717) is 12.2 Å². The van der Waals surface area contributed by atoms with Crippen LogP contribution in [0.1, 0.15) is 17.8 Å². The summed E-state index contributed by atoms with van der Waals surface area (Å²) in [5.41, 5.74) is 3.44. The number of hydrogen-bond acceptors (Lipinski definition) is 6. The molecule has 0 N–H and O–H groups in total. The predicted molar refractivity (Wildman–Crippen MR) is 127 cm³/mol. The molecule has 5 rings (SSSR count). The van der Waals surface area contributed by atoms with Crippen molar-refractivity contribution in [1.82, 2.24) is 24.6 Å². The molecular formula is C26H26FN5O2. The van der Waals surface area contributed by atoms with Crippen LogP contribution in [0.25, 0.3) is 16.6 Å².